The third kappa shape index (κ3) is 1.73. The van der Waals surface area contributed by atoms with Crippen LogP contribution in [-0.4, -0.2) is 11.1 Å². The van der Waals surface area contributed by atoms with Crippen LogP contribution in [0.5, 0.6) is 0 Å². The predicted molar refractivity (Wildman–Crippen MR) is 50.7 cm³/mol. The highest BCUT2D eigenvalue weighted by Gasteiger charge is 2.12. The number of aryl methyl sites for hydroxylation is 1. The van der Waals surface area contributed by atoms with Crippen molar-refractivity contribution in [1.82, 2.24) is 0 Å². The second kappa shape index (κ2) is 3.90. The molecule has 0 heterocycles. The van der Waals surface area contributed by atoms with Gasteiger partial charge in [-0.1, -0.05) is 0 Å². The third-order valence-electron chi connectivity index (χ3n) is 2.04. The van der Waals surface area contributed by atoms with Gasteiger partial charge in [-0.25, -0.2) is 4.79 Å². The first-order valence-corrected chi connectivity index (χ1v) is 4.07. The number of aromatic carboxylic acids is 1. The minimum absolute atomic E-state index is 0.115. The van der Waals surface area contributed by atoms with Crippen LogP contribution in [0.1, 0.15) is 27.0 Å². The highest BCUT2D eigenvalue weighted by Crippen LogP contribution is 2.16. The zero-order valence-corrected chi connectivity index (χ0v) is 7.74. The van der Waals surface area contributed by atoms with E-state index in [1.54, 1.807) is 13.0 Å². The molecular weight excluding hydrogens is 180 g/mol. The van der Waals surface area contributed by atoms with Gasteiger partial charge in [0.25, 0.3) is 0 Å². The molecule has 1 rings (SSSR count). The second-order valence-corrected chi connectivity index (χ2v) is 2.94. The van der Waals surface area contributed by atoms with Crippen molar-refractivity contribution in [3.63, 3.8) is 0 Å². The smallest absolute Gasteiger partial charge is 0.336 e. The molecule has 0 spiro atoms. The third-order valence-corrected chi connectivity index (χ3v) is 2.04. The van der Waals surface area contributed by atoms with Gasteiger partial charge in [0, 0.05) is 6.54 Å². The molecule has 1 aromatic carbocycles. The second-order valence-electron chi connectivity index (χ2n) is 2.94. The molecule has 0 saturated heterocycles. The first kappa shape index (κ1) is 10.2. The van der Waals surface area contributed by atoms with Crippen LogP contribution in [0.25, 0.3) is 0 Å². The number of carbonyl (C=O) groups is 1. The summed E-state index contributed by atoms with van der Waals surface area (Å²) in [6.07, 6.45) is 0. The van der Waals surface area contributed by atoms with E-state index in [4.69, 9.17) is 16.1 Å². The van der Waals surface area contributed by atoms with E-state index < -0.39 is 5.97 Å². The van der Waals surface area contributed by atoms with E-state index >= 15 is 0 Å². The molecule has 72 valence electrons. The lowest BCUT2D eigenvalue weighted by Gasteiger charge is -2.07. The van der Waals surface area contributed by atoms with Crippen LogP contribution < -0.4 is 5.73 Å². The highest BCUT2D eigenvalue weighted by atomic mass is 16.4. The maximum Gasteiger partial charge on any atom is 0.336 e. The Hall–Kier alpha value is -1.86. The van der Waals surface area contributed by atoms with Crippen molar-refractivity contribution >= 4 is 5.97 Å². The van der Waals surface area contributed by atoms with Crippen LogP contribution in [0.4, 0.5) is 0 Å². The van der Waals surface area contributed by atoms with Crippen molar-refractivity contribution in [2.24, 2.45) is 5.73 Å². The molecule has 0 amide bonds. The summed E-state index contributed by atoms with van der Waals surface area (Å²) in [6.45, 7) is 1.91. The van der Waals surface area contributed by atoms with Crippen LogP contribution >= 0.6 is 0 Å². The summed E-state index contributed by atoms with van der Waals surface area (Å²) in [5.41, 5.74) is 7.21. The lowest BCUT2D eigenvalue weighted by molar-refractivity contribution is 0.0695. The molecule has 0 atom stereocenters. The molecule has 3 N–H and O–H groups in total. The lowest BCUT2D eigenvalue weighted by Crippen LogP contribution is -2.09. The summed E-state index contributed by atoms with van der Waals surface area (Å²) in [7, 11) is 0. The lowest BCUT2D eigenvalue weighted by atomic mass is 9.99. The number of nitriles is 1. The van der Waals surface area contributed by atoms with Gasteiger partial charge in [-0.05, 0) is 30.2 Å². The van der Waals surface area contributed by atoms with E-state index in [-0.39, 0.29) is 12.1 Å². The standard InChI is InChI=1S/C10H10N2O2/c1-6-2-7(4-11)3-8(10(13)14)9(6)5-12/h2-3H,5,12H2,1H3,(H,13,14). The molecule has 0 radical (unpaired) electrons. The van der Waals surface area contributed by atoms with Crippen LogP contribution in [0, 0.1) is 18.3 Å². The summed E-state index contributed by atoms with van der Waals surface area (Å²) in [4.78, 5) is 10.8. The Labute approximate surface area is 81.6 Å². The maximum absolute atomic E-state index is 10.8. The molecule has 0 aliphatic rings. The Morgan fingerprint density at radius 1 is 1.64 bits per heavy atom. The Morgan fingerprint density at radius 2 is 2.29 bits per heavy atom. The molecule has 0 aromatic heterocycles. The van der Waals surface area contributed by atoms with Gasteiger partial charge in [0.2, 0.25) is 0 Å². The van der Waals surface area contributed by atoms with E-state index in [0.29, 0.717) is 11.1 Å². The largest absolute Gasteiger partial charge is 0.478 e. The zero-order valence-electron chi connectivity index (χ0n) is 7.74. The van der Waals surface area contributed by atoms with Gasteiger partial charge in [-0.3, -0.25) is 0 Å². The summed E-state index contributed by atoms with van der Waals surface area (Å²) in [5, 5.41) is 17.5. The van der Waals surface area contributed by atoms with E-state index in [1.807, 2.05) is 6.07 Å². The fourth-order valence-electron chi connectivity index (χ4n) is 1.34. The van der Waals surface area contributed by atoms with Crippen LogP contribution in [0.3, 0.4) is 0 Å². The number of nitrogens with two attached hydrogens (primary N) is 1. The summed E-state index contributed by atoms with van der Waals surface area (Å²) >= 11 is 0. The molecule has 0 saturated carbocycles. The Bertz CT molecular complexity index is 419. The number of carboxylic acid groups (broad SMARTS) is 1. The first-order valence-electron chi connectivity index (χ1n) is 4.07. The summed E-state index contributed by atoms with van der Waals surface area (Å²) in [5.74, 6) is -1.05. The van der Waals surface area contributed by atoms with Gasteiger partial charge in [0.15, 0.2) is 0 Å². The molecule has 0 fully saturated rings. The van der Waals surface area contributed by atoms with E-state index in [2.05, 4.69) is 0 Å². The number of benzene rings is 1. The van der Waals surface area contributed by atoms with E-state index in [0.717, 1.165) is 5.56 Å². The maximum atomic E-state index is 10.8. The monoisotopic (exact) mass is 190 g/mol. The number of hydrogen-bond donors (Lipinski definition) is 2. The van der Waals surface area contributed by atoms with Crippen molar-refractivity contribution in [1.29, 1.82) is 5.26 Å². The van der Waals surface area contributed by atoms with Crippen molar-refractivity contribution in [3.05, 3.63) is 34.4 Å². The minimum Gasteiger partial charge on any atom is -0.478 e. The van der Waals surface area contributed by atoms with E-state index in [1.165, 1.54) is 6.07 Å². The van der Waals surface area contributed by atoms with Crippen molar-refractivity contribution in [2.75, 3.05) is 0 Å². The van der Waals surface area contributed by atoms with Gasteiger partial charge in [0.05, 0.1) is 17.2 Å². The normalized spacial score (nSPS) is 9.50. The SMILES string of the molecule is Cc1cc(C#N)cc(C(=O)O)c1CN. The Morgan fingerprint density at radius 3 is 2.71 bits per heavy atom. The molecule has 0 unspecified atom stereocenters. The number of carboxylic acids is 1. The van der Waals surface area contributed by atoms with Gasteiger partial charge in [-0.2, -0.15) is 5.26 Å². The molecule has 4 heteroatoms. The number of nitrogens with zero attached hydrogens (tertiary/aromatic N) is 1. The van der Waals surface area contributed by atoms with Gasteiger partial charge < -0.3 is 10.8 Å². The summed E-state index contributed by atoms with van der Waals surface area (Å²) in [6, 6.07) is 4.89. The summed E-state index contributed by atoms with van der Waals surface area (Å²) < 4.78 is 0. The van der Waals surface area contributed by atoms with Crippen molar-refractivity contribution in [3.8, 4) is 6.07 Å². The fraction of sp³-hybridized carbons (Fsp3) is 0.200. The van der Waals surface area contributed by atoms with Crippen molar-refractivity contribution < 1.29 is 9.90 Å². The molecule has 1 aromatic rings. The molecule has 14 heavy (non-hydrogen) atoms. The van der Waals surface area contributed by atoms with E-state index in [9.17, 15) is 4.79 Å². The van der Waals surface area contributed by atoms with Gasteiger partial charge in [-0.15, -0.1) is 0 Å². The first-order chi connectivity index (χ1) is 6.60. The Kier molecular flexibility index (Phi) is 2.85. The molecule has 0 bridgehead atoms. The van der Waals surface area contributed by atoms with Crippen LogP contribution in [-0.2, 0) is 6.54 Å². The zero-order chi connectivity index (χ0) is 10.7. The number of rotatable bonds is 2. The average molecular weight is 190 g/mol. The quantitative estimate of drug-likeness (QED) is 0.728. The minimum atomic E-state index is -1.05. The number of hydrogen-bond acceptors (Lipinski definition) is 3. The van der Waals surface area contributed by atoms with Gasteiger partial charge in [0.1, 0.15) is 0 Å². The highest BCUT2D eigenvalue weighted by molar-refractivity contribution is 5.90. The van der Waals surface area contributed by atoms with Crippen molar-refractivity contribution in [2.45, 2.75) is 13.5 Å². The van der Waals surface area contributed by atoms with Crippen LogP contribution in [0.15, 0.2) is 12.1 Å². The molecular formula is C10H10N2O2. The predicted octanol–water partition coefficient (Wildman–Crippen LogP) is 1.02. The van der Waals surface area contributed by atoms with Crippen LogP contribution in [0.2, 0.25) is 0 Å². The molecule has 0 aliphatic carbocycles. The van der Waals surface area contributed by atoms with Gasteiger partial charge >= 0.3 is 5.97 Å². The molecule has 4 nitrogen and oxygen atoms in total. The topological polar surface area (TPSA) is 87.1 Å². The Balaban J connectivity index is 3.45. The fourth-order valence-corrected chi connectivity index (χ4v) is 1.34. The molecule has 0 aliphatic heterocycles. The average Bonchev–Trinajstić information content (AvgIpc) is 2.16.